The molecule has 0 unspecified atom stereocenters. The van der Waals surface area contributed by atoms with Crippen LogP contribution in [0.4, 0.5) is 4.39 Å². The molecular weight excluding hydrogens is 243 g/mol. The lowest BCUT2D eigenvalue weighted by Gasteiger charge is -2.11. The Morgan fingerprint density at radius 2 is 1.53 bits per heavy atom. The van der Waals surface area contributed by atoms with E-state index in [1.54, 1.807) is 19.1 Å². The Bertz CT molecular complexity index is 592. The van der Waals surface area contributed by atoms with E-state index in [1.165, 1.54) is 12.1 Å². The Labute approximate surface area is 111 Å². The van der Waals surface area contributed by atoms with E-state index in [1.807, 2.05) is 26.0 Å². The zero-order chi connectivity index (χ0) is 14.0. The van der Waals surface area contributed by atoms with Gasteiger partial charge in [0, 0.05) is 5.56 Å². The van der Waals surface area contributed by atoms with Crippen LogP contribution in [0.5, 0.6) is 11.5 Å². The average Bonchev–Trinajstić information content (AvgIpc) is 2.30. The van der Waals surface area contributed by atoms with Crippen LogP contribution in [0.1, 0.15) is 28.4 Å². The number of hydrogen-bond donors (Lipinski definition) is 0. The van der Waals surface area contributed by atoms with Gasteiger partial charge in [-0.25, -0.2) is 4.39 Å². The van der Waals surface area contributed by atoms with E-state index in [-0.39, 0.29) is 11.6 Å². The Hall–Kier alpha value is -2.16. The van der Waals surface area contributed by atoms with E-state index in [0.717, 1.165) is 16.7 Å². The molecule has 0 saturated heterocycles. The third-order valence-corrected chi connectivity index (χ3v) is 2.91. The van der Waals surface area contributed by atoms with E-state index in [4.69, 9.17) is 4.74 Å². The lowest BCUT2D eigenvalue weighted by Crippen LogP contribution is -2.00. The van der Waals surface area contributed by atoms with Crippen LogP contribution in [0.25, 0.3) is 0 Å². The van der Waals surface area contributed by atoms with Gasteiger partial charge < -0.3 is 4.74 Å². The first-order valence-electron chi connectivity index (χ1n) is 6.03. The fourth-order valence-electron chi connectivity index (χ4n) is 2.18. The molecule has 2 rings (SSSR count). The molecule has 0 amide bonds. The summed E-state index contributed by atoms with van der Waals surface area (Å²) in [6, 6.07) is 9.45. The second-order valence-corrected chi connectivity index (χ2v) is 4.54. The van der Waals surface area contributed by atoms with Crippen LogP contribution in [-0.4, -0.2) is 5.78 Å². The molecule has 2 aromatic carbocycles. The number of Topliss-reactive ketones (excluding diaryl/α,β-unsaturated/α-hetero) is 1. The molecular formula is C16H15FO2. The van der Waals surface area contributed by atoms with Crippen LogP contribution in [0, 0.1) is 19.7 Å². The van der Waals surface area contributed by atoms with Crippen molar-refractivity contribution in [2.75, 3.05) is 0 Å². The van der Waals surface area contributed by atoms with Crippen molar-refractivity contribution in [3.05, 3.63) is 58.9 Å². The fourth-order valence-corrected chi connectivity index (χ4v) is 2.18. The van der Waals surface area contributed by atoms with Gasteiger partial charge in [0.15, 0.2) is 5.78 Å². The summed E-state index contributed by atoms with van der Waals surface area (Å²) < 4.78 is 18.5. The van der Waals surface area contributed by atoms with Gasteiger partial charge in [-0.3, -0.25) is 4.79 Å². The number of ketones is 1. The highest BCUT2D eigenvalue weighted by Crippen LogP contribution is 2.26. The predicted molar refractivity (Wildman–Crippen MR) is 72.4 cm³/mol. The third-order valence-electron chi connectivity index (χ3n) is 2.91. The second-order valence-electron chi connectivity index (χ2n) is 4.54. The first-order chi connectivity index (χ1) is 8.97. The minimum atomic E-state index is -0.299. The highest BCUT2D eigenvalue weighted by atomic mass is 19.1. The van der Waals surface area contributed by atoms with E-state index in [2.05, 4.69) is 0 Å². The van der Waals surface area contributed by atoms with Gasteiger partial charge in [0.1, 0.15) is 17.3 Å². The molecule has 0 aliphatic carbocycles. The van der Waals surface area contributed by atoms with E-state index < -0.39 is 0 Å². The topological polar surface area (TPSA) is 26.3 Å². The lowest BCUT2D eigenvalue weighted by atomic mass is 9.99. The summed E-state index contributed by atoms with van der Waals surface area (Å²) in [7, 11) is 0. The number of halogens is 1. The van der Waals surface area contributed by atoms with E-state index >= 15 is 0 Å². The first-order valence-corrected chi connectivity index (χ1v) is 6.03. The summed E-state index contributed by atoms with van der Waals surface area (Å²) in [5.74, 6) is 0.956. The molecule has 0 aliphatic heterocycles. The summed E-state index contributed by atoms with van der Waals surface area (Å²) in [4.78, 5) is 11.5. The molecule has 0 aromatic heterocycles. The average molecular weight is 258 g/mol. The molecule has 19 heavy (non-hydrogen) atoms. The monoisotopic (exact) mass is 258 g/mol. The maximum absolute atomic E-state index is 12.8. The molecule has 0 N–H and O–H groups in total. The fraction of sp³-hybridized carbons (Fsp3) is 0.188. The Morgan fingerprint density at radius 3 is 2.00 bits per heavy atom. The molecule has 0 bridgehead atoms. The number of carbonyl (C=O) groups excluding carboxylic acids is 1. The highest BCUT2D eigenvalue weighted by molar-refractivity contribution is 5.97. The summed E-state index contributed by atoms with van der Waals surface area (Å²) in [6.07, 6.45) is 0. The van der Waals surface area contributed by atoms with Crippen molar-refractivity contribution >= 4 is 5.78 Å². The largest absolute Gasteiger partial charge is 0.457 e. The quantitative estimate of drug-likeness (QED) is 0.761. The standard InChI is InChI=1S/C16H15FO2/c1-10-8-15(9-11(2)16(10)12(3)18)19-14-6-4-13(17)5-7-14/h4-9H,1-3H3. The van der Waals surface area contributed by atoms with Gasteiger partial charge in [-0.2, -0.15) is 0 Å². The Balaban J connectivity index is 2.32. The zero-order valence-electron chi connectivity index (χ0n) is 11.2. The molecule has 2 aromatic rings. The SMILES string of the molecule is CC(=O)c1c(C)cc(Oc2ccc(F)cc2)cc1C. The van der Waals surface area contributed by atoms with E-state index in [0.29, 0.717) is 11.5 Å². The van der Waals surface area contributed by atoms with Crippen molar-refractivity contribution in [1.29, 1.82) is 0 Å². The van der Waals surface area contributed by atoms with Gasteiger partial charge in [-0.05, 0) is 68.3 Å². The van der Waals surface area contributed by atoms with Crippen molar-refractivity contribution in [2.45, 2.75) is 20.8 Å². The van der Waals surface area contributed by atoms with Gasteiger partial charge in [0.25, 0.3) is 0 Å². The minimum Gasteiger partial charge on any atom is -0.457 e. The number of benzene rings is 2. The molecule has 98 valence electrons. The summed E-state index contributed by atoms with van der Waals surface area (Å²) in [5.41, 5.74) is 2.49. The number of rotatable bonds is 3. The van der Waals surface area contributed by atoms with Crippen LogP contribution < -0.4 is 4.74 Å². The van der Waals surface area contributed by atoms with Gasteiger partial charge in [-0.15, -0.1) is 0 Å². The molecule has 3 heteroatoms. The van der Waals surface area contributed by atoms with Crippen molar-refractivity contribution in [3.8, 4) is 11.5 Å². The number of ether oxygens (including phenoxy) is 1. The third kappa shape index (κ3) is 2.99. The molecule has 2 nitrogen and oxygen atoms in total. The maximum atomic E-state index is 12.8. The van der Waals surface area contributed by atoms with Crippen LogP contribution >= 0.6 is 0 Å². The molecule has 0 aliphatic rings. The van der Waals surface area contributed by atoms with Gasteiger partial charge in [0.05, 0.1) is 0 Å². The zero-order valence-corrected chi connectivity index (χ0v) is 11.2. The predicted octanol–water partition coefficient (Wildman–Crippen LogP) is 4.44. The van der Waals surface area contributed by atoms with Gasteiger partial charge in [0.2, 0.25) is 0 Å². The van der Waals surface area contributed by atoms with Crippen LogP contribution in [0.15, 0.2) is 36.4 Å². The number of hydrogen-bond acceptors (Lipinski definition) is 2. The highest BCUT2D eigenvalue weighted by Gasteiger charge is 2.10. The minimum absolute atomic E-state index is 0.0448. The molecule has 0 radical (unpaired) electrons. The second kappa shape index (κ2) is 5.22. The maximum Gasteiger partial charge on any atom is 0.160 e. The molecule has 0 saturated carbocycles. The van der Waals surface area contributed by atoms with Crippen molar-refractivity contribution < 1.29 is 13.9 Å². The Kier molecular flexibility index (Phi) is 3.65. The molecule has 0 fully saturated rings. The molecule has 0 heterocycles. The van der Waals surface area contributed by atoms with Crippen LogP contribution in [0.3, 0.4) is 0 Å². The van der Waals surface area contributed by atoms with Crippen molar-refractivity contribution in [1.82, 2.24) is 0 Å². The lowest BCUT2D eigenvalue weighted by molar-refractivity contribution is 0.101. The normalized spacial score (nSPS) is 10.3. The summed E-state index contributed by atoms with van der Waals surface area (Å²) >= 11 is 0. The number of carbonyl (C=O) groups is 1. The number of aryl methyl sites for hydroxylation is 2. The van der Waals surface area contributed by atoms with Crippen molar-refractivity contribution in [3.63, 3.8) is 0 Å². The summed E-state index contributed by atoms with van der Waals surface area (Å²) in [5, 5.41) is 0. The summed E-state index contributed by atoms with van der Waals surface area (Å²) in [6.45, 7) is 5.30. The Morgan fingerprint density at radius 1 is 1.00 bits per heavy atom. The van der Waals surface area contributed by atoms with Gasteiger partial charge in [-0.1, -0.05) is 0 Å². The molecule has 0 spiro atoms. The van der Waals surface area contributed by atoms with Crippen LogP contribution in [-0.2, 0) is 0 Å². The van der Waals surface area contributed by atoms with Crippen molar-refractivity contribution in [2.24, 2.45) is 0 Å². The molecule has 0 atom stereocenters. The van der Waals surface area contributed by atoms with Gasteiger partial charge >= 0.3 is 0 Å². The smallest absolute Gasteiger partial charge is 0.160 e. The first kappa shape index (κ1) is 13.3. The van der Waals surface area contributed by atoms with E-state index in [9.17, 15) is 9.18 Å². The van der Waals surface area contributed by atoms with Crippen LogP contribution in [0.2, 0.25) is 0 Å².